The molecule has 2 unspecified atom stereocenters. The van der Waals surface area contributed by atoms with E-state index in [4.69, 9.17) is 0 Å². The summed E-state index contributed by atoms with van der Waals surface area (Å²) in [6.07, 6.45) is 7.43. The first-order valence-corrected chi connectivity index (χ1v) is 4.97. The van der Waals surface area contributed by atoms with Gasteiger partial charge in [-0.15, -0.1) is 0 Å². The van der Waals surface area contributed by atoms with Gasteiger partial charge in [-0.05, 0) is 31.1 Å². The molecule has 0 spiro atoms. The SMILES string of the molecule is CCCC1CC1(O)CC1CC1. The maximum absolute atomic E-state index is 9.93. The van der Waals surface area contributed by atoms with Crippen molar-refractivity contribution in [2.24, 2.45) is 11.8 Å². The van der Waals surface area contributed by atoms with Gasteiger partial charge in [0.15, 0.2) is 0 Å². The quantitative estimate of drug-likeness (QED) is 0.659. The minimum absolute atomic E-state index is 0.197. The lowest BCUT2D eigenvalue weighted by molar-refractivity contribution is 0.112. The lowest BCUT2D eigenvalue weighted by Gasteiger charge is -2.07. The van der Waals surface area contributed by atoms with Crippen LogP contribution in [0.4, 0.5) is 0 Å². The van der Waals surface area contributed by atoms with E-state index in [0.717, 1.165) is 18.8 Å². The summed E-state index contributed by atoms with van der Waals surface area (Å²) in [5.41, 5.74) is -0.197. The maximum Gasteiger partial charge on any atom is 0.0683 e. The summed E-state index contributed by atoms with van der Waals surface area (Å²) in [7, 11) is 0. The topological polar surface area (TPSA) is 20.2 Å². The third-order valence-electron chi connectivity index (χ3n) is 3.18. The van der Waals surface area contributed by atoms with Gasteiger partial charge in [0.2, 0.25) is 0 Å². The van der Waals surface area contributed by atoms with Gasteiger partial charge in [0.25, 0.3) is 0 Å². The molecule has 0 aromatic heterocycles. The molecule has 0 aromatic carbocycles. The molecule has 0 aliphatic heterocycles. The Kier molecular flexibility index (Phi) is 1.71. The highest BCUT2D eigenvalue weighted by atomic mass is 16.3. The van der Waals surface area contributed by atoms with Crippen molar-refractivity contribution >= 4 is 0 Å². The standard InChI is InChI=1S/C10H18O/c1-2-3-9-7-10(9,11)6-8-4-5-8/h8-9,11H,2-7H2,1H3. The molecule has 64 valence electrons. The van der Waals surface area contributed by atoms with E-state index in [1.54, 1.807) is 0 Å². The van der Waals surface area contributed by atoms with E-state index in [2.05, 4.69) is 6.92 Å². The highest BCUT2D eigenvalue weighted by Crippen LogP contribution is 2.53. The first-order chi connectivity index (χ1) is 5.24. The zero-order valence-electron chi connectivity index (χ0n) is 7.34. The monoisotopic (exact) mass is 154 g/mol. The number of rotatable bonds is 4. The Bertz CT molecular complexity index is 151. The van der Waals surface area contributed by atoms with Crippen LogP contribution >= 0.6 is 0 Å². The lowest BCUT2D eigenvalue weighted by atomic mass is 10.1. The van der Waals surface area contributed by atoms with Crippen LogP contribution in [0.2, 0.25) is 0 Å². The van der Waals surface area contributed by atoms with E-state index in [1.807, 2.05) is 0 Å². The van der Waals surface area contributed by atoms with Crippen molar-refractivity contribution in [3.63, 3.8) is 0 Å². The lowest BCUT2D eigenvalue weighted by Crippen LogP contribution is -2.11. The zero-order valence-corrected chi connectivity index (χ0v) is 7.34. The average molecular weight is 154 g/mol. The van der Waals surface area contributed by atoms with Crippen LogP contribution in [0.3, 0.4) is 0 Å². The fourth-order valence-corrected chi connectivity index (χ4v) is 2.16. The van der Waals surface area contributed by atoms with Crippen molar-refractivity contribution in [2.75, 3.05) is 0 Å². The van der Waals surface area contributed by atoms with Crippen LogP contribution in [0.15, 0.2) is 0 Å². The van der Waals surface area contributed by atoms with E-state index in [1.165, 1.54) is 25.7 Å². The van der Waals surface area contributed by atoms with Crippen molar-refractivity contribution in [3.05, 3.63) is 0 Å². The van der Waals surface area contributed by atoms with Gasteiger partial charge in [-0.2, -0.15) is 0 Å². The normalized spacial score (nSPS) is 42.5. The van der Waals surface area contributed by atoms with E-state index in [-0.39, 0.29) is 5.60 Å². The van der Waals surface area contributed by atoms with Crippen molar-refractivity contribution in [2.45, 2.75) is 51.0 Å². The summed E-state index contributed by atoms with van der Waals surface area (Å²) in [6, 6.07) is 0. The molecule has 1 nitrogen and oxygen atoms in total. The molecule has 2 atom stereocenters. The molecule has 1 heteroatoms. The van der Waals surface area contributed by atoms with E-state index >= 15 is 0 Å². The van der Waals surface area contributed by atoms with Gasteiger partial charge in [0.05, 0.1) is 5.60 Å². The Hall–Kier alpha value is -0.0400. The van der Waals surface area contributed by atoms with Gasteiger partial charge in [-0.1, -0.05) is 26.2 Å². The molecule has 0 saturated heterocycles. The molecule has 11 heavy (non-hydrogen) atoms. The smallest absolute Gasteiger partial charge is 0.0683 e. The summed E-state index contributed by atoms with van der Waals surface area (Å²) in [4.78, 5) is 0. The molecule has 0 aromatic rings. The average Bonchev–Trinajstić information content (AvgIpc) is 2.78. The molecule has 2 rings (SSSR count). The fourth-order valence-electron chi connectivity index (χ4n) is 2.16. The summed E-state index contributed by atoms with van der Waals surface area (Å²) >= 11 is 0. The molecule has 0 amide bonds. The van der Waals surface area contributed by atoms with Crippen LogP contribution in [0, 0.1) is 11.8 Å². The summed E-state index contributed by atoms with van der Waals surface area (Å²) in [5.74, 6) is 1.55. The first kappa shape index (κ1) is 7.60. The summed E-state index contributed by atoms with van der Waals surface area (Å²) in [5, 5.41) is 9.93. The van der Waals surface area contributed by atoms with E-state index < -0.39 is 0 Å². The van der Waals surface area contributed by atoms with Crippen LogP contribution in [-0.2, 0) is 0 Å². The van der Waals surface area contributed by atoms with Crippen LogP contribution in [-0.4, -0.2) is 10.7 Å². The Morgan fingerprint density at radius 1 is 1.45 bits per heavy atom. The predicted molar refractivity (Wildman–Crippen MR) is 45.3 cm³/mol. The molecule has 0 radical (unpaired) electrons. The fraction of sp³-hybridized carbons (Fsp3) is 1.00. The number of hydrogen-bond donors (Lipinski definition) is 1. The summed E-state index contributed by atoms with van der Waals surface area (Å²) < 4.78 is 0. The predicted octanol–water partition coefficient (Wildman–Crippen LogP) is 2.34. The Labute approximate surface area is 68.8 Å². The zero-order chi connectivity index (χ0) is 7.90. The summed E-state index contributed by atoms with van der Waals surface area (Å²) in [6.45, 7) is 2.20. The molecule has 1 N–H and O–H groups in total. The maximum atomic E-state index is 9.93. The van der Waals surface area contributed by atoms with E-state index in [9.17, 15) is 5.11 Å². The molecular weight excluding hydrogens is 136 g/mol. The van der Waals surface area contributed by atoms with Gasteiger partial charge in [0, 0.05) is 0 Å². The van der Waals surface area contributed by atoms with Crippen LogP contribution in [0.1, 0.15) is 45.4 Å². The van der Waals surface area contributed by atoms with Gasteiger partial charge >= 0.3 is 0 Å². The first-order valence-electron chi connectivity index (χ1n) is 4.97. The third kappa shape index (κ3) is 1.58. The second-order valence-corrected chi connectivity index (χ2v) is 4.44. The largest absolute Gasteiger partial charge is 0.390 e. The molecule has 0 heterocycles. The highest BCUT2D eigenvalue weighted by Gasteiger charge is 2.53. The van der Waals surface area contributed by atoms with Crippen molar-refractivity contribution < 1.29 is 5.11 Å². The Morgan fingerprint density at radius 3 is 2.73 bits per heavy atom. The Balaban J connectivity index is 1.75. The van der Waals surface area contributed by atoms with Crippen molar-refractivity contribution in [1.29, 1.82) is 0 Å². The molecular formula is C10H18O. The molecule has 2 aliphatic rings. The highest BCUT2D eigenvalue weighted by molar-refractivity contribution is 5.05. The van der Waals surface area contributed by atoms with E-state index in [0.29, 0.717) is 5.92 Å². The number of hydrogen-bond acceptors (Lipinski definition) is 1. The van der Waals surface area contributed by atoms with Crippen LogP contribution in [0.5, 0.6) is 0 Å². The second-order valence-electron chi connectivity index (χ2n) is 4.44. The minimum Gasteiger partial charge on any atom is -0.390 e. The van der Waals surface area contributed by atoms with Crippen molar-refractivity contribution in [1.82, 2.24) is 0 Å². The van der Waals surface area contributed by atoms with Crippen LogP contribution in [0.25, 0.3) is 0 Å². The Morgan fingerprint density at radius 2 is 2.18 bits per heavy atom. The van der Waals surface area contributed by atoms with Gasteiger partial charge < -0.3 is 5.11 Å². The second kappa shape index (κ2) is 2.48. The molecule has 0 bridgehead atoms. The van der Waals surface area contributed by atoms with Crippen LogP contribution < -0.4 is 0 Å². The van der Waals surface area contributed by atoms with Crippen molar-refractivity contribution in [3.8, 4) is 0 Å². The molecule has 2 aliphatic carbocycles. The van der Waals surface area contributed by atoms with Gasteiger partial charge in [-0.25, -0.2) is 0 Å². The third-order valence-corrected chi connectivity index (χ3v) is 3.18. The number of aliphatic hydroxyl groups is 1. The minimum atomic E-state index is -0.197. The molecule has 2 fully saturated rings. The molecule has 2 saturated carbocycles. The van der Waals surface area contributed by atoms with Gasteiger partial charge in [0.1, 0.15) is 0 Å². The van der Waals surface area contributed by atoms with Gasteiger partial charge in [-0.3, -0.25) is 0 Å².